The van der Waals surface area contributed by atoms with Gasteiger partial charge in [0.05, 0.1) is 26.7 Å². The van der Waals surface area contributed by atoms with Crippen molar-refractivity contribution < 1.29 is 9.47 Å². The molecule has 1 aromatic carbocycles. The average Bonchev–Trinajstić information content (AvgIpc) is 2.44. The van der Waals surface area contributed by atoms with E-state index in [0.717, 1.165) is 8.95 Å². The zero-order valence-electron chi connectivity index (χ0n) is 10.2. The lowest BCUT2D eigenvalue weighted by atomic mass is 10.3. The number of ether oxygens (including phenoxy) is 2. The molecule has 0 aliphatic heterocycles. The zero-order valence-corrected chi connectivity index (χ0v) is 14.9. The first-order valence-electron chi connectivity index (χ1n) is 5.25. The fourth-order valence-electron chi connectivity index (χ4n) is 1.34. The summed E-state index contributed by atoms with van der Waals surface area (Å²) in [7, 11) is 1.59. The van der Waals surface area contributed by atoms with E-state index in [9.17, 15) is 0 Å². The molecule has 0 radical (unpaired) electrons. The summed E-state index contributed by atoms with van der Waals surface area (Å²) in [6, 6.07) is 3.56. The molecular weight excluding hydrogens is 460 g/mol. The second-order valence-electron chi connectivity index (χ2n) is 3.51. The molecule has 1 aromatic heterocycles. The van der Waals surface area contributed by atoms with Crippen LogP contribution in [-0.4, -0.2) is 17.1 Å². The molecule has 20 heavy (non-hydrogen) atoms. The Hall–Kier alpha value is -0.900. The van der Waals surface area contributed by atoms with Crippen molar-refractivity contribution in [3.8, 4) is 17.4 Å². The van der Waals surface area contributed by atoms with Crippen molar-refractivity contribution in [3.63, 3.8) is 0 Å². The number of anilines is 1. The van der Waals surface area contributed by atoms with Crippen molar-refractivity contribution >= 4 is 53.7 Å². The van der Waals surface area contributed by atoms with Crippen LogP contribution < -0.4 is 20.7 Å². The summed E-state index contributed by atoms with van der Waals surface area (Å²) < 4.78 is 13.0. The molecule has 0 aliphatic carbocycles. The third-order valence-electron chi connectivity index (χ3n) is 2.25. The second-order valence-corrected chi connectivity index (χ2v) is 6.07. The highest BCUT2D eigenvalue weighted by Gasteiger charge is 2.12. The Bertz CT molecular complexity index is 639. The fraction of sp³-hybridized carbons (Fsp3) is 0.0909. The van der Waals surface area contributed by atoms with Crippen molar-refractivity contribution in [2.75, 3.05) is 12.5 Å². The number of aromatic nitrogens is 2. The average molecular weight is 469 g/mol. The van der Waals surface area contributed by atoms with Crippen molar-refractivity contribution in [2.24, 2.45) is 5.84 Å². The molecule has 9 heteroatoms. The number of hydrogen-bond donors (Lipinski definition) is 2. The van der Waals surface area contributed by atoms with Crippen LogP contribution in [0.1, 0.15) is 0 Å². The SMILES string of the molecule is COc1cc(Br)c(Oc2nc(NN)ncc2Br)cc1Br. The van der Waals surface area contributed by atoms with Crippen LogP contribution in [0.3, 0.4) is 0 Å². The predicted molar refractivity (Wildman–Crippen MR) is 86.0 cm³/mol. The quantitative estimate of drug-likeness (QED) is 0.524. The van der Waals surface area contributed by atoms with Gasteiger partial charge in [0.25, 0.3) is 0 Å². The smallest absolute Gasteiger partial charge is 0.240 e. The normalized spacial score (nSPS) is 10.2. The molecule has 2 rings (SSSR count). The van der Waals surface area contributed by atoms with E-state index in [0.29, 0.717) is 21.9 Å². The Morgan fingerprint density at radius 1 is 1.10 bits per heavy atom. The van der Waals surface area contributed by atoms with E-state index in [-0.39, 0.29) is 5.95 Å². The monoisotopic (exact) mass is 466 g/mol. The van der Waals surface area contributed by atoms with Gasteiger partial charge in [-0.1, -0.05) is 0 Å². The highest BCUT2D eigenvalue weighted by Crippen LogP contribution is 2.39. The Morgan fingerprint density at radius 3 is 2.40 bits per heavy atom. The van der Waals surface area contributed by atoms with Crippen molar-refractivity contribution in [3.05, 3.63) is 31.7 Å². The van der Waals surface area contributed by atoms with Crippen LogP contribution in [0.25, 0.3) is 0 Å². The van der Waals surface area contributed by atoms with Gasteiger partial charge >= 0.3 is 0 Å². The molecular formula is C11H9Br3N4O2. The van der Waals surface area contributed by atoms with Gasteiger partial charge < -0.3 is 9.47 Å². The maximum Gasteiger partial charge on any atom is 0.240 e. The van der Waals surface area contributed by atoms with Gasteiger partial charge in [0, 0.05) is 0 Å². The van der Waals surface area contributed by atoms with Gasteiger partial charge in [-0.3, -0.25) is 5.43 Å². The van der Waals surface area contributed by atoms with E-state index in [1.165, 1.54) is 0 Å². The molecule has 6 nitrogen and oxygen atoms in total. The number of hydrazine groups is 1. The zero-order chi connectivity index (χ0) is 14.7. The molecule has 0 aliphatic rings. The number of nitrogens with zero attached hydrogens (tertiary/aromatic N) is 2. The summed E-state index contributed by atoms with van der Waals surface area (Å²) in [6.07, 6.45) is 1.55. The van der Waals surface area contributed by atoms with Crippen LogP contribution in [0.5, 0.6) is 17.4 Å². The number of nitrogens with one attached hydrogen (secondary N) is 1. The molecule has 0 fully saturated rings. The first-order chi connectivity index (χ1) is 9.55. The molecule has 0 saturated heterocycles. The molecule has 0 spiro atoms. The van der Waals surface area contributed by atoms with Gasteiger partial charge in [-0.05, 0) is 59.9 Å². The van der Waals surface area contributed by atoms with Gasteiger partial charge in [-0.25, -0.2) is 10.8 Å². The lowest BCUT2D eigenvalue weighted by Gasteiger charge is -2.11. The highest BCUT2D eigenvalue weighted by molar-refractivity contribution is 9.11. The standard InChI is InChI=1S/C11H9Br3N4O2/c1-19-8-2-6(13)9(3-5(8)12)20-10-7(14)4-16-11(17-10)18-15/h2-4H,15H2,1H3,(H,16,17,18). The van der Waals surface area contributed by atoms with Crippen LogP contribution in [0.15, 0.2) is 31.7 Å². The summed E-state index contributed by atoms with van der Waals surface area (Å²) in [4.78, 5) is 8.07. The van der Waals surface area contributed by atoms with E-state index in [4.69, 9.17) is 15.3 Å². The Balaban J connectivity index is 2.37. The number of halogens is 3. The summed E-state index contributed by atoms with van der Waals surface area (Å²) in [5.74, 6) is 7.13. The Kier molecular flexibility index (Phi) is 5.19. The summed E-state index contributed by atoms with van der Waals surface area (Å²) in [6.45, 7) is 0. The third-order valence-corrected chi connectivity index (χ3v) is 4.04. The maximum absolute atomic E-state index is 5.74. The van der Waals surface area contributed by atoms with Crippen LogP contribution in [0.4, 0.5) is 5.95 Å². The lowest BCUT2D eigenvalue weighted by molar-refractivity contribution is 0.408. The molecule has 0 atom stereocenters. The van der Waals surface area contributed by atoms with Crippen LogP contribution >= 0.6 is 47.8 Å². The van der Waals surface area contributed by atoms with E-state index in [1.807, 2.05) is 0 Å². The van der Waals surface area contributed by atoms with Gasteiger partial charge in [0.1, 0.15) is 11.5 Å². The van der Waals surface area contributed by atoms with E-state index >= 15 is 0 Å². The fourth-order valence-corrected chi connectivity index (χ4v) is 2.50. The molecule has 106 valence electrons. The predicted octanol–water partition coefficient (Wildman–Crippen LogP) is 3.85. The minimum atomic E-state index is 0.256. The number of methoxy groups -OCH3 is 1. The highest BCUT2D eigenvalue weighted by atomic mass is 79.9. The molecule has 0 amide bonds. The molecule has 2 aromatic rings. The van der Waals surface area contributed by atoms with E-state index in [2.05, 4.69) is 63.2 Å². The van der Waals surface area contributed by atoms with Gasteiger partial charge in [0.2, 0.25) is 11.8 Å². The van der Waals surface area contributed by atoms with E-state index < -0.39 is 0 Å². The largest absolute Gasteiger partial charge is 0.496 e. The minimum Gasteiger partial charge on any atom is -0.496 e. The number of hydrogen-bond acceptors (Lipinski definition) is 6. The van der Waals surface area contributed by atoms with Crippen LogP contribution in [0, 0.1) is 0 Å². The van der Waals surface area contributed by atoms with Crippen LogP contribution in [0.2, 0.25) is 0 Å². The van der Waals surface area contributed by atoms with Crippen molar-refractivity contribution in [2.45, 2.75) is 0 Å². The summed E-state index contributed by atoms with van der Waals surface area (Å²) in [5.41, 5.74) is 2.36. The number of rotatable bonds is 4. The van der Waals surface area contributed by atoms with Crippen molar-refractivity contribution in [1.82, 2.24) is 9.97 Å². The third kappa shape index (κ3) is 3.40. The minimum absolute atomic E-state index is 0.256. The Morgan fingerprint density at radius 2 is 1.75 bits per heavy atom. The molecule has 0 saturated carbocycles. The van der Waals surface area contributed by atoms with Crippen molar-refractivity contribution in [1.29, 1.82) is 0 Å². The van der Waals surface area contributed by atoms with E-state index in [1.54, 1.807) is 25.4 Å². The topological polar surface area (TPSA) is 82.3 Å². The summed E-state index contributed by atoms with van der Waals surface area (Å²) in [5, 5.41) is 0. The van der Waals surface area contributed by atoms with Crippen LogP contribution in [-0.2, 0) is 0 Å². The molecule has 0 unspecified atom stereocenters. The molecule has 3 N–H and O–H groups in total. The number of benzene rings is 1. The first kappa shape index (κ1) is 15.5. The lowest BCUT2D eigenvalue weighted by Crippen LogP contribution is -2.10. The summed E-state index contributed by atoms with van der Waals surface area (Å²) >= 11 is 10.1. The number of nitrogens with two attached hydrogens (primary N) is 1. The Labute approximate surface area is 140 Å². The van der Waals surface area contributed by atoms with Gasteiger partial charge in [-0.2, -0.15) is 4.98 Å². The molecule has 0 bridgehead atoms. The first-order valence-corrected chi connectivity index (χ1v) is 7.63. The second kappa shape index (κ2) is 6.70. The van der Waals surface area contributed by atoms with Gasteiger partial charge in [0.15, 0.2) is 0 Å². The van der Waals surface area contributed by atoms with Gasteiger partial charge in [-0.15, -0.1) is 0 Å². The maximum atomic E-state index is 5.74. The molecule has 1 heterocycles. The number of nitrogen functional groups attached to an aromatic ring is 1.